The van der Waals surface area contributed by atoms with E-state index < -0.39 is 0 Å². The average molecular weight is 391 g/mol. The van der Waals surface area contributed by atoms with Crippen LogP contribution in [-0.2, 0) is 22.6 Å². The van der Waals surface area contributed by atoms with Gasteiger partial charge in [-0.15, -0.1) is 0 Å². The Morgan fingerprint density at radius 3 is 2.50 bits per heavy atom. The van der Waals surface area contributed by atoms with Gasteiger partial charge >= 0.3 is 0 Å². The number of hydrogen-bond acceptors (Lipinski definition) is 5. The number of aliphatic imine (C=N–C) groups is 1. The molecule has 2 saturated heterocycles. The third-order valence-electron chi connectivity index (χ3n) is 5.67. The first kappa shape index (κ1) is 21.0. The van der Waals surface area contributed by atoms with Crippen LogP contribution >= 0.6 is 0 Å². The summed E-state index contributed by atoms with van der Waals surface area (Å²) < 4.78 is 11.0. The summed E-state index contributed by atoms with van der Waals surface area (Å²) in [6.07, 6.45) is 1.73. The first-order valence-corrected chi connectivity index (χ1v) is 10.2. The number of hydrogen-bond donors (Lipinski definition) is 3. The molecule has 3 rings (SSSR count). The minimum atomic E-state index is 0.00745. The van der Waals surface area contributed by atoms with E-state index in [9.17, 15) is 5.11 Å². The fourth-order valence-corrected chi connectivity index (χ4v) is 3.77. The normalized spacial score (nSPS) is 23.7. The maximum Gasteiger partial charge on any atom is 0.191 e. The van der Waals surface area contributed by atoms with Gasteiger partial charge in [-0.3, -0.25) is 9.89 Å². The van der Waals surface area contributed by atoms with Crippen molar-refractivity contribution in [2.75, 3.05) is 59.7 Å². The molecule has 3 N–H and O–H groups in total. The van der Waals surface area contributed by atoms with Crippen molar-refractivity contribution in [3.05, 3.63) is 35.4 Å². The van der Waals surface area contributed by atoms with E-state index >= 15 is 0 Å². The van der Waals surface area contributed by atoms with Crippen LogP contribution in [0.2, 0.25) is 0 Å². The first-order chi connectivity index (χ1) is 13.7. The molecule has 1 aromatic rings. The van der Waals surface area contributed by atoms with Crippen molar-refractivity contribution in [2.45, 2.75) is 25.9 Å². The molecule has 0 aromatic heterocycles. The van der Waals surface area contributed by atoms with Crippen LogP contribution in [0.25, 0.3) is 0 Å². The lowest BCUT2D eigenvalue weighted by Gasteiger charge is -2.27. The molecule has 156 valence electrons. The predicted octanol–water partition coefficient (Wildman–Crippen LogP) is 0.973. The zero-order valence-electron chi connectivity index (χ0n) is 17.0. The van der Waals surface area contributed by atoms with Crippen molar-refractivity contribution in [2.24, 2.45) is 10.4 Å². The Bertz CT molecular complexity index is 609. The molecule has 1 atom stereocenters. The van der Waals surface area contributed by atoms with E-state index in [4.69, 9.17) is 9.47 Å². The minimum Gasteiger partial charge on any atom is -0.396 e. The molecule has 1 unspecified atom stereocenters. The van der Waals surface area contributed by atoms with Gasteiger partial charge in [0.05, 0.1) is 19.8 Å². The Kier molecular flexibility index (Phi) is 8.09. The van der Waals surface area contributed by atoms with Crippen LogP contribution in [0.3, 0.4) is 0 Å². The topological polar surface area (TPSA) is 78.4 Å². The van der Waals surface area contributed by atoms with Gasteiger partial charge in [0.15, 0.2) is 5.96 Å². The quantitative estimate of drug-likeness (QED) is 0.454. The van der Waals surface area contributed by atoms with Gasteiger partial charge in [-0.25, -0.2) is 0 Å². The Hall–Kier alpha value is -1.67. The summed E-state index contributed by atoms with van der Waals surface area (Å²) in [5.41, 5.74) is 2.57. The van der Waals surface area contributed by atoms with Crippen LogP contribution in [-0.4, -0.2) is 75.7 Å². The van der Waals surface area contributed by atoms with Crippen LogP contribution in [0, 0.1) is 5.41 Å². The highest BCUT2D eigenvalue weighted by Crippen LogP contribution is 2.31. The second-order valence-corrected chi connectivity index (χ2v) is 7.76. The van der Waals surface area contributed by atoms with Crippen LogP contribution in [0.1, 0.15) is 24.0 Å². The molecule has 28 heavy (non-hydrogen) atoms. The lowest BCUT2D eigenvalue weighted by atomic mass is 9.84. The van der Waals surface area contributed by atoms with Gasteiger partial charge in [0.25, 0.3) is 0 Å². The molecule has 7 nitrogen and oxygen atoms in total. The summed E-state index contributed by atoms with van der Waals surface area (Å²) in [5, 5.41) is 16.1. The zero-order chi connectivity index (χ0) is 19.7. The summed E-state index contributed by atoms with van der Waals surface area (Å²) in [5.74, 6) is 0.779. The van der Waals surface area contributed by atoms with Crippen molar-refractivity contribution in [1.29, 1.82) is 0 Å². The minimum absolute atomic E-state index is 0.00745. The summed E-state index contributed by atoms with van der Waals surface area (Å²) in [7, 11) is 1.78. The van der Waals surface area contributed by atoms with Gasteiger partial charge in [-0.2, -0.15) is 0 Å². The van der Waals surface area contributed by atoms with E-state index in [-0.39, 0.29) is 12.0 Å². The van der Waals surface area contributed by atoms with E-state index in [2.05, 4.69) is 44.8 Å². The summed E-state index contributed by atoms with van der Waals surface area (Å²) in [6.45, 7) is 7.80. The number of rotatable bonds is 8. The van der Waals surface area contributed by atoms with E-state index in [1.165, 1.54) is 11.1 Å². The van der Waals surface area contributed by atoms with Gasteiger partial charge in [0.2, 0.25) is 0 Å². The Morgan fingerprint density at radius 1 is 1.11 bits per heavy atom. The van der Waals surface area contributed by atoms with Crippen LogP contribution in [0.5, 0.6) is 0 Å². The highest BCUT2D eigenvalue weighted by molar-refractivity contribution is 5.79. The number of nitrogens with one attached hydrogen (secondary N) is 2. The van der Waals surface area contributed by atoms with Gasteiger partial charge in [-0.05, 0) is 24.0 Å². The number of aliphatic hydroxyl groups excluding tert-OH is 1. The highest BCUT2D eigenvalue weighted by Gasteiger charge is 2.34. The smallest absolute Gasteiger partial charge is 0.191 e. The highest BCUT2D eigenvalue weighted by atomic mass is 16.5. The molecule has 2 aliphatic rings. The van der Waals surface area contributed by atoms with Crippen LogP contribution in [0.15, 0.2) is 29.3 Å². The number of nitrogens with zero attached hydrogens (tertiary/aromatic N) is 2. The Labute approximate surface area is 168 Å². The molecule has 0 bridgehead atoms. The average Bonchev–Trinajstić information content (AvgIpc) is 3.19. The first-order valence-electron chi connectivity index (χ1n) is 10.2. The van der Waals surface area contributed by atoms with Gasteiger partial charge in [0.1, 0.15) is 0 Å². The largest absolute Gasteiger partial charge is 0.396 e. The Balaban J connectivity index is 1.44. The lowest BCUT2D eigenvalue weighted by Crippen LogP contribution is -2.44. The second-order valence-electron chi connectivity index (χ2n) is 7.76. The van der Waals surface area contributed by atoms with E-state index in [0.717, 1.165) is 71.3 Å². The summed E-state index contributed by atoms with van der Waals surface area (Å²) in [4.78, 5) is 6.75. The predicted molar refractivity (Wildman–Crippen MR) is 110 cm³/mol. The summed E-state index contributed by atoms with van der Waals surface area (Å²) in [6, 6.07) is 8.76. The van der Waals surface area contributed by atoms with Crippen molar-refractivity contribution < 1.29 is 14.6 Å². The molecule has 2 heterocycles. The molecule has 0 radical (unpaired) electrons. The van der Waals surface area contributed by atoms with Gasteiger partial charge in [0, 0.05) is 58.4 Å². The molecule has 1 aromatic carbocycles. The zero-order valence-corrected chi connectivity index (χ0v) is 17.0. The molecule has 7 heteroatoms. The van der Waals surface area contributed by atoms with Gasteiger partial charge in [-0.1, -0.05) is 24.3 Å². The number of aliphatic hydroxyl groups is 1. The number of ether oxygens (including phenoxy) is 2. The summed E-state index contributed by atoms with van der Waals surface area (Å²) >= 11 is 0. The molecule has 0 aliphatic carbocycles. The number of guanidine groups is 1. The van der Waals surface area contributed by atoms with Crippen molar-refractivity contribution in [1.82, 2.24) is 15.5 Å². The molecular weight excluding hydrogens is 356 g/mol. The molecule has 2 aliphatic heterocycles. The SMILES string of the molecule is CN=C(NCc1ccc(CN2CCOCC2)cc1)NCC1(CCO)CCOC1. The fourth-order valence-electron chi connectivity index (χ4n) is 3.77. The van der Waals surface area contributed by atoms with E-state index in [1.807, 2.05) is 0 Å². The van der Waals surface area contributed by atoms with Gasteiger partial charge < -0.3 is 25.2 Å². The standard InChI is InChI=1S/C21H34N4O3/c1-22-20(24-16-21(6-10-26)7-11-28-17-21)23-14-18-2-4-19(5-3-18)15-25-8-12-27-13-9-25/h2-5,26H,6-17H2,1H3,(H2,22,23,24). The van der Waals surface area contributed by atoms with Crippen molar-refractivity contribution in [3.63, 3.8) is 0 Å². The maximum atomic E-state index is 9.35. The third kappa shape index (κ3) is 6.17. The lowest BCUT2D eigenvalue weighted by molar-refractivity contribution is 0.0342. The van der Waals surface area contributed by atoms with Crippen molar-refractivity contribution in [3.8, 4) is 0 Å². The van der Waals surface area contributed by atoms with E-state index in [0.29, 0.717) is 6.61 Å². The van der Waals surface area contributed by atoms with Crippen LogP contribution in [0.4, 0.5) is 0 Å². The number of benzene rings is 1. The Morgan fingerprint density at radius 2 is 1.86 bits per heavy atom. The molecular formula is C21H34N4O3. The second kappa shape index (κ2) is 10.8. The van der Waals surface area contributed by atoms with E-state index in [1.54, 1.807) is 7.05 Å². The molecule has 2 fully saturated rings. The monoisotopic (exact) mass is 390 g/mol. The maximum absolute atomic E-state index is 9.35. The fraction of sp³-hybridized carbons (Fsp3) is 0.667. The third-order valence-corrected chi connectivity index (χ3v) is 5.67. The molecule has 0 spiro atoms. The molecule has 0 saturated carbocycles. The number of morpholine rings is 1. The molecule has 0 amide bonds. The van der Waals surface area contributed by atoms with Crippen LogP contribution < -0.4 is 10.6 Å². The van der Waals surface area contributed by atoms with Crippen molar-refractivity contribution >= 4 is 5.96 Å².